The van der Waals surface area contributed by atoms with Crippen LogP contribution in [0.4, 0.5) is 0 Å². The van der Waals surface area contributed by atoms with Gasteiger partial charge in [-0.25, -0.2) is 4.79 Å². The van der Waals surface area contributed by atoms with E-state index in [9.17, 15) is 4.79 Å². The Labute approximate surface area is 108 Å². The predicted octanol–water partition coefficient (Wildman–Crippen LogP) is 1.77. The first-order chi connectivity index (χ1) is 6.97. The number of carboxylic acids is 1. The van der Waals surface area contributed by atoms with Crippen LogP contribution in [0.1, 0.15) is 12.5 Å². The van der Waals surface area contributed by atoms with E-state index >= 15 is 0 Å². The van der Waals surface area contributed by atoms with Crippen molar-refractivity contribution in [2.24, 2.45) is 0 Å². The summed E-state index contributed by atoms with van der Waals surface area (Å²) in [6.45, 7) is 8.27. The minimum atomic E-state index is -0.935. The number of aliphatic carboxylic acids is 1. The van der Waals surface area contributed by atoms with Crippen molar-refractivity contribution in [3.05, 3.63) is 48.6 Å². The molecular formula is C12H13NaO2. The van der Waals surface area contributed by atoms with Gasteiger partial charge in [-0.15, -0.1) is 0 Å². The summed E-state index contributed by atoms with van der Waals surface area (Å²) >= 11 is 1.14. The standard InChI is InChI=1S/C8H7.C4H6O2.Na/c1-2-8-6-4-3-5-7-8;1-3(2)4(5)6;/h2,4-7H,1H2;1H2,2H3,(H,5,6);. The molecule has 0 aromatic heterocycles. The molecule has 15 heavy (non-hydrogen) atoms. The van der Waals surface area contributed by atoms with Gasteiger partial charge in [0.15, 0.2) is 0 Å². The molecule has 0 amide bonds. The Morgan fingerprint density at radius 2 is 1.80 bits per heavy atom. The summed E-state index contributed by atoms with van der Waals surface area (Å²) in [5, 5.41) is 7.89. The molecule has 3 heteroatoms. The van der Waals surface area contributed by atoms with Gasteiger partial charge >= 0.3 is 79.2 Å². The molecule has 0 bridgehead atoms. The molecule has 0 atom stereocenters. The van der Waals surface area contributed by atoms with Crippen LogP contribution >= 0.6 is 0 Å². The first kappa shape index (κ1) is 14.2. The van der Waals surface area contributed by atoms with E-state index < -0.39 is 5.97 Å². The Hall–Kier alpha value is -0.830. The molecule has 1 rings (SSSR count). The summed E-state index contributed by atoms with van der Waals surface area (Å²) in [5.41, 5.74) is 1.38. The fourth-order valence-electron chi connectivity index (χ4n) is 0.703. The van der Waals surface area contributed by atoms with E-state index in [0.717, 1.165) is 27.9 Å². The van der Waals surface area contributed by atoms with Crippen LogP contribution < -0.4 is 2.81 Å². The number of carboxylic acid groups (broad SMARTS) is 1. The molecule has 74 valence electrons. The first-order valence-corrected chi connectivity index (χ1v) is 5.55. The first-order valence-electron chi connectivity index (χ1n) is 4.55. The topological polar surface area (TPSA) is 37.3 Å². The van der Waals surface area contributed by atoms with Crippen molar-refractivity contribution in [2.45, 2.75) is 6.92 Å². The average molecular weight is 212 g/mol. The molecule has 0 saturated heterocycles. The monoisotopic (exact) mass is 212 g/mol. The molecule has 0 aliphatic rings. The van der Waals surface area contributed by atoms with Gasteiger partial charge in [0.2, 0.25) is 0 Å². The molecule has 1 aromatic carbocycles. The Morgan fingerprint density at radius 3 is 2.07 bits per heavy atom. The number of rotatable bonds is 2. The van der Waals surface area contributed by atoms with E-state index in [4.69, 9.17) is 5.11 Å². The summed E-state index contributed by atoms with van der Waals surface area (Å²) in [6, 6.07) is 8.47. The van der Waals surface area contributed by atoms with Crippen molar-refractivity contribution in [2.75, 3.05) is 0 Å². The molecule has 0 saturated carbocycles. The van der Waals surface area contributed by atoms with E-state index in [1.807, 2.05) is 6.08 Å². The van der Waals surface area contributed by atoms with Crippen molar-refractivity contribution in [3.63, 3.8) is 0 Å². The maximum absolute atomic E-state index is 9.60. The fraction of sp³-hybridized carbons (Fsp3) is 0.0833. The summed E-state index contributed by atoms with van der Waals surface area (Å²) in [4.78, 5) is 9.60. The van der Waals surface area contributed by atoms with Crippen molar-refractivity contribution >= 4 is 42.8 Å². The van der Waals surface area contributed by atoms with Crippen LogP contribution in [-0.4, -0.2) is 39.0 Å². The normalized spacial score (nSPS) is 8.47. The van der Waals surface area contributed by atoms with E-state index in [1.165, 1.54) is 15.3 Å². The van der Waals surface area contributed by atoms with Gasteiger partial charge in [0, 0.05) is 5.57 Å². The van der Waals surface area contributed by atoms with Gasteiger partial charge in [-0.3, -0.25) is 0 Å². The van der Waals surface area contributed by atoms with Gasteiger partial charge < -0.3 is 5.11 Å². The third-order valence-electron chi connectivity index (χ3n) is 1.68. The third kappa shape index (κ3) is 7.14. The molecule has 0 fully saturated rings. The predicted molar refractivity (Wildman–Crippen MR) is 64.4 cm³/mol. The van der Waals surface area contributed by atoms with Crippen LogP contribution in [0.5, 0.6) is 0 Å². The molecule has 1 N–H and O–H groups in total. The molecule has 0 spiro atoms. The van der Waals surface area contributed by atoms with Crippen LogP contribution in [0.2, 0.25) is 0 Å². The van der Waals surface area contributed by atoms with E-state index in [1.54, 1.807) is 0 Å². The zero-order valence-electron chi connectivity index (χ0n) is 9.16. The van der Waals surface area contributed by atoms with Crippen molar-refractivity contribution < 1.29 is 9.90 Å². The molecule has 0 aliphatic carbocycles. The Bertz CT molecular complexity index is 340. The quantitative estimate of drug-likeness (QED) is 0.599. The van der Waals surface area contributed by atoms with Gasteiger partial charge in [0.05, 0.1) is 0 Å². The zero-order valence-corrected chi connectivity index (χ0v) is 11.2. The van der Waals surface area contributed by atoms with Gasteiger partial charge in [-0.1, -0.05) is 6.58 Å². The van der Waals surface area contributed by atoms with Gasteiger partial charge in [-0.2, -0.15) is 0 Å². The SMILES string of the molecule is C=C(C)C(=O)O.C=Cc1cc[c]([Na])cc1. The Balaban J connectivity index is 0.000000288. The van der Waals surface area contributed by atoms with Crippen LogP contribution in [0.25, 0.3) is 6.08 Å². The van der Waals surface area contributed by atoms with Gasteiger partial charge in [-0.05, 0) is 6.92 Å². The molecule has 2 nitrogen and oxygen atoms in total. The van der Waals surface area contributed by atoms with Crippen molar-refractivity contribution in [3.8, 4) is 0 Å². The summed E-state index contributed by atoms with van der Waals surface area (Å²) in [6.07, 6.45) is 1.86. The Morgan fingerprint density at radius 1 is 1.40 bits per heavy atom. The average Bonchev–Trinajstić information content (AvgIpc) is 2.20. The molecule has 0 heterocycles. The van der Waals surface area contributed by atoms with Crippen molar-refractivity contribution in [1.82, 2.24) is 0 Å². The van der Waals surface area contributed by atoms with E-state index in [2.05, 4.69) is 37.4 Å². The molecule has 1 aromatic rings. The number of benzene rings is 1. The second-order valence-corrected chi connectivity index (χ2v) is 4.35. The van der Waals surface area contributed by atoms with E-state index in [-0.39, 0.29) is 5.57 Å². The second kappa shape index (κ2) is 7.46. The summed E-state index contributed by atoms with van der Waals surface area (Å²) < 4.78 is 1.43. The molecule has 0 radical (unpaired) electrons. The minimum absolute atomic E-state index is 0.176. The number of hydrogen-bond acceptors (Lipinski definition) is 1. The van der Waals surface area contributed by atoms with Crippen LogP contribution in [0, 0.1) is 0 Å². The fourth-order valence-corrected chi connectivity index (χ4v) is 1.04. The number of hydrogen-bond donors (Lipinski definition) is 1. The van der Waals surface area contributed by atoms with Gasteiger partial charge in [0.1, 0.15) is 0 Å². The number of carbonyl (C=O) groups is 1. The second-order valence-electron chi connectivity index (χ2n) is 3.20. The zero-order chi connectivity index (χ0) is 11.8. The molecule has 0 aliphatic heterocycles. The summed E-state index contributed by atoms with van der Waals surface area (Å²) in [7, 11) is 0. The third-order valence-corrected chi connectivity index (χ3v) is 2.34. The molecular weight excluding hydrogens is 199 g/mol. The summed E-state index contributed by atoms with van der Waals surface area (Å²) in [5.74, 6) is -0.935. The maximum atomic E-state index is 9.60. The van der Waals surface area contributed by atoms with Crippen molar-refractivity contribution in [1.29, 1.82) is 0 Å². The van der Waals surface area contributed by atoms with Crippen LogP contribution in [-0.2, 0) is 4.79 Å². The van der Waals surface area contributed by atoms with Crippen LogP contribution in [0.3, 0.4) is 0 Å². The Kier molecular flexibility index (Phi) is 7.05. The van der Waals surface area contributed by atoms with Gasteiger partial charge in [0.25, 0.3) is 0 Å². The van der Waals surface area contributed by atoms with E-state index in [0.29, 0.717) is 0 Å². The van der Waals surface area contributed by atoms with Crippen LogP contribution in [0.15, 0.2) is 43.0 Å². The molecule has 0 unspecified atom stereocenters.